The maximum atomic E-state index is 5.95. The van der Waals surface area contributed by atoms with E-state index in [0.29, 0.717) is 11.7 Å². The van der Waals surface area contributed by atoms with Gasteiger partial charge in [0.05, 0.1) is 11.1 Å². The monoisotopic (exact) mass is 261 g/mol. The summed E-state index contributed by atoms with van der Waals surface area (Å²) >= 11 is 0. The predicted octanol–water partition coefficient (Wildman–Crippen LogP) is 1.40. The fourth-order valence-corrected chi connectivity index (χ4v) is 2.65. The van der Waals surface area contributed by atoms with Crippen molar-refractivity contribution in [3.8, 4) is 0 Å². The van der Waals surface area contributed by atoms with Crippen LogP contribution in [0.4, 0.5) is 5.82 Å². The number of ether oxygens (including phenoxy) is 1. The zero-order valence-corrected chi connectivity index (χ0v) is 11.2. The lowest BCUT2D eigenvalue weighted by atomic mass is 10.0. The predicted molar refractivity (Wildman–Crippen MR) is 72.7 cm³/mol. The van der Waals surface area contributed by atoms with Gasteiger partial charge in [0.1, 0.15) is 12.1 Å². The van der Waals surface area contributed by atoms with Gasteiger partial charge in [0, 0.05) is 19.8 Å². The fraction of sp³-hybridized carbons (Fsp3) is 0.615. The van der Waals surface area contributed by atoms with Gasteiger partial charge in [0.2, 0.25) is 0 Å². The van der Waals surface area contributed by atoms with Crippen LogP contribution < -0.4 is 5.73 Å². The number of nitrogen functional groups attached to an aromatic ring is 1. The number of aryl methyl sites for hydroxylation is 1. The Morgan fingerprint density at radius 3 is 2.89 bits per heavy atom. The van der Waals surface area contributed by atoms with E-state index in [9.17, 15) is 0 Å². The first-order valence-corrected chi connectivity index (χ1v) is 6.83. The summed E-state index contributed by atoms with van der Waals surface area (Å²) in [5.74, 6) is 1.14. The van der Waals surface area contributed by atoms with E-state index in [0.717, 1.165) is 55.7 Å². The van der Waals surface area contributed by atoms with E-state index >= 15 is 0 Å². The second-order valence-corrected chi connectivity index (χ2v) is 5.00. The van der Waals surface area contributed by atoms with Crippen molar-refractivity contribution in [1.82, 2.24) is 19.7 Å². The number of nitrogens with zero attached hydrogens (tertiary/aromatic N) is 4. The SMILES string of the molecule is CCc1nn(CC2CCOCC2)c2ncnc(N)c12. The number of hydrogen-bond acceptors (Lipinski definition) is 5. The van der Waals surface area contributed by atoms with Gasteiger partial charge in [-0.2, -0.15) is 5.10 Å². The third-order valence-electron chi connectivity index (χ3n) is 3.74. The number of nitrogens with two attached hydrogens (primary N) is 1. The van der Waals surface area contributed by atoms with Crippen LogP contribution in [-0.4, -0.2) is 33.0 Å². The molecule has 6 nitrogen and oxygen atoms in total. The molecule has 0 aromatic carbocycles. The van der Waals surface area contributed by atoms with E-state index in [1.54, 1.807) is 0 Å². The molecule has 0 unspecified atom stereocenters. The van der Waals surface area contributed by atoms with Crippen molar-refractivity contribution in [2.75, 3.05) is 18.9 Å². The van der Waals surface area contributed by atoms with Crippen molar-refractivity contribution in [1.29, 1.82) is 0 Å². The Bertz CT molecular complexity index is 574. The van der Waals surface area contributed by atoms with Crippen molar-refractivity contribution in [2.24, 2.45) is 5.92 Å². The number of aromatic nitrogens is 4. The molecule has 3 heterocycles. The molecule has 1 aliphatic rings. The van der Waals surface area contributed by atoms with Crippen LogP contribution in [0.3, 0.4) is 0 Å². The van der Waals surface area contributed by atoms with Crippen molar-refractivity contribution in [3.05, 3.63) is 12.0 Å². The highest BCUT2D eigenvalue weighted by Gasteiger charge is 2.19. The van der Waals surface area contributed by atoms with E-state index in [1.165, 1.54) is 6.33 Å². The van der Waals surface area contributed by atoms with Gasteiger partial charge in [0.25, 0.3) is 0 Å². The van der Waals surface area contributed by atoms with Gasteiger partial charge in [0.15, 0.2) is 5.65 Å². The largest absolute Gasteiger partial charge is 0.383 e. The molecule has 1 aliphatic heterocycles. The molecule has 0 atom stereocenters. The summed E-state index contributed by atoms with van der Waals surface area (Å²) in [5.41, 5.74) is 7.80. The van der Waals surface area contributed by atoms with Gasteiger partial charge in [-0.3, -0.25) is 0 Å². The lowest BCUT2D eigenvalue weighted by Crippen LogP contribution is -2.21. The molecule has 2 aromatic heterocycles. The third kappa shape index (κ3) is 2.28. The summed E-state index contributed by atoms with van der Waals surface area (Å²) in [7, 11) is 0. The molecular weight excluding hydrogens is 242 g/mol. The van der Waals surface area contributed by atoms with Crippen molar-refractivity contribution in [2.45, 2.75) is 32.7 Å². The average Bonchev–Trinajstić information content (AvgIpc) is 2.80. The number of hydrogen-bond donors (Lipinski definition) is 1. The Hall–Kier alpha value is -1.69. The Balaban J connectivity index is 1.96. The van der Waals surface area contributed by atoms with E-state index in [-0.39, 0.29) is 0 Å². The summed E-state index contributed by atoms with van der Waals surface area (Å²) < 4.78 is 7.38. The molecule has 102 valence electrons. The smallest absolute Gasteiger partial charge is 0.163 e. The minimum absolute atomic E-state index is 0.528. The summed E-state index contributed by atoms with van der Waals surface area (Å²) in [4.78, 5) is 8.42. The van der Waals surface area contributed by atoms with Gasteiger partial charge in [-0.15, -0.1) is 0 Å². The molecule has 0 radical (unpaired) electrons. The van der Waals surface area contributed by atoms with E-state index in [4.69, 9.17) is 10.5 Å². The van der Waals surface area contributed by atoms with E-state index < -0.39 is 0 Å². The molecular formula is C13H19N5O. The van der Waals surface area contributed by atoms with Crippen LogP contribution in [0, 0.1) is 5.92 Å². The van der Waals surface area contributed by atoms with Crippen molar-refractivity contribution in [3.63, 3.8) is 0 Å². The molecule has 1 saturated heterocycles. The first kappa shape index (κ1) is 12.3. The van der Waals surface area contributed by atoms with Gasteiger partial charge in [-0.05, 0) is 25.2 Å². The number of anilines is 1. The molecule has 19 heavy (non-hydrogen) atoms. The topological polar surface area (TPSA) is 78.8 Å². The molecule has 0 bridgehead atoms. The van der Waals surface area contributed by atoms with E-state index in [1.807, 2.05) is 4.68 Å². The Morgan fingerprint density at radius 2 is 2.16 bits per heavy atom. The molecule has 0 aliphatic carbocycles. The van der Waals surface area contributed by atoms with Gasteiger partial charge in [-0.1, -0.05) is 6.92 Å². The maximum absolute atomic E-state index is 5.95. The highest BCUT2D eigenvalue weighted by atomic mass is 16.5. The Labute approximate surface area is 112 Å². The highest BCUT2D eigenvalue weighted by molar-refractivity contribution is 5.88. The van der Waals surface area contributed by atoms with Gasteiger partial charge < -0.3 is 10.5 Å². The van der Waals surface area contributed by atoms with Crippen LogP contribution in [0.1, 0.15) is 25.5 Å². The minimum Gasteiger partial charge on any atom is -0.383 e. The van der Waals surface area contributed by atoms with Gasteiger partial charge in [-0.25, -0.2) is 14.6 Å². The van der Waals surface area contributed by atoms with Crippen molar-refractivity contribution < 1.29 is 4.74 Å². The average molecular weight is 261 g/mol. The Kier molecular flexibility index (Phi) is 3.33. The van der Waals surface area contributed by atoms with Crippen LogP contribution in [0.25, 0.3) is 11.0 Å². The van der Waals surface area contributed by atoms with Crippen LogP contribution in [0.15, 0.2) is 6.33 Å². The first-order valence-electron chi connectivity index (χ1n) is 6.83. The van der Waals surface area contributed by atoms with Crippen LogP contribution in [-0.2, 0) is 17.7 Å². The Morgan fingerprint density at radius 1 is 1.37 bits per heavy atom. The quantitative estimate of drug-likeness (QED) is 0.903. The first-order chi connectivity index (χ1) is 9.29. The molecule has 3 rings (SSSR count). The standard InChI is InChI=1S/C13H19N5O/c1-2-10-11-12(14)15-8-16-13(11)18(17-10)7-9-3-5-19-6-4-9/h8-9H,2-7H2,1H3,(H2,14,15,16). The zero-order chi connectivity index (χ0) is 13.2. The molecule has 0 saturated carbocycles. The number of fused-ring (bicyclic) bond motifs is 1. The molecule has 2 N–H and O–H groups in total. The second kappa shape index (κ2) is 5.13. The lowest BCUT2D eigenvalue weighted by Gasteiger charge is -2.21. The highest BCUT2D eigenvalue weighted by Crippen LogP contribution is 2.24. The van der Waals surface area contributed by atoms with Gasteiger partial charge >= 0.3 is 0 Å². The third-order valence-corrected chi connectivity index (χ3v) is 3.74. The summed E-state index contributed by atoms with van der Waals surface area (Å²) in [6.45, 7) is 4.66. The van der Waals surface area contributed by atoms with Crippen LogP contribution in [0.5, 0.6) is 0 Å². The second-order valence-electron chi connectivity index (χ2n) is 5.00. The van der Waals surface area contributed by atoms with Crippen LogP contribution in [0.2, 0.25) is 0 Å². The number of rotatable bonds is 3. The van der Waals surface area contributed by atoms with Crippen molar-refractivity contribution >= 4 is 16.9 Å². The lowest BCUT2D eigenvalue weighted by molar-refractivity contribution is 0.0605. The molecule has 0 spiro atoms. The van der Waals surface area contributed by atoms with Crippen LogP contribution >= 0.6 is 0 Å². The fourth-order valence-electron chi connectivity index (χ4n) is 2.65. The minimum atomic E-state index is 0.528. The zero-order valence-electron chi connectivity index (χ0n) is 11.2. The molecule has 1 fully saturated rings. The molecule has 6 heteroatoms. The maximum Gasteiger partial charge on any atom is 0.163 e. The normalized spacial score (nSPS) is 17.1. The molecule has 2 aromatic rings. The summed E-state index contributed by atoms with van der Waals surface area (Å²) in [5, 5.41) is 5.57. The summed E-state index contributed by atoms with van der Waals surface area (Å²) in [6, 6.07) is 0. The van der Waals surface area contributed by atoms with E-state index in [2.05, 4.69) is 22.0 Å². The molecule has 0 amide bonds. The summed E-state index contributed by atoms with van der Waals surface area (Å²) in [6.07, 6.45) is 4.53.